The summed E-state index contributed by atoms with van der Waals surface area (Å²) >= 11 is 0. The molecular formula is C12H27NO2Si. The summed E-state index contributed by atoms with van der Waals surface area (Å²) in [5.74, 6) is -0.793. The summed E-state index contributed by atoms with van der Waals surface area (Å²) in [6.45, 7) is 13.3. The number of nitrogens with zero attached hydrogens (tertiary/aromatic N) is 1. The fourth-order valence-electron chi connectivity index (χ4n) is 2.00. The van der Waals surface area contributed by atoms with Gasteiger partial charge in [-0.25, -0.2) is 0 Å². The van der Waals surface area contributed by atoms with E-state index in [-0.39, 0.29) is 5.92 Å². The lowest BCUT2D eigenvalue weighted by atomic mass is 10.0. The van der Waals surface area contributed by atoms with E-state index in [0.29, 0.717) is 0 Å². The number of hydrogen-bond donors (Lipinski definition) is 1. The molecule has 0 saturated heterocycles. The van der Waals surface area contributed by atoms with Crippen LogP contribution in [-0.4, -0.2) is 37.0 Å². The fraction of sp³-hybridized carbons (Fsp3) is 0.917. The average Bonchev–Trinajstić information content (AvgIpc) is 2.15. The molecule has 3 nitrogen and oxygen atoms in total. The van der Waals surface area contributed by atoms with Gasteiger partial charge in [0.05, 0.1) is 5.92 Å². The fourth-order valence-corrected chi connectivity index (χ4v) is 3.78. The normalized spacial score (nSPS) is 14.1. The number of carboxylic acids is 1. The Morgan fingerprint density at radius 3 is 2.19 bits per heavy atom. The predicted octanol–water partition coefficient (Wildman–Crippen LogP) is 3.03. The molecule has 0 heterocycles. The van der Waals surface area contributed by atoms with Crippen LogP contribution in [0.3, 0.4) is 0 Å². The first kappa shape index (κ1) is 15.6. The molecule has 0 saturated carbocycles. The Labute approximate surface area is 101 Å². The van der Waals surface area contributed by atoms with Crippen molar-refractivity contribution in [1.29, 1.82) is 0 Å². The summed E-state index contributed by atoms with van der Waals surface area (Å²) < 4.78 is 2.53. The molecule has 1 unspecified atom stereocenters. The van der Waals surface area contributed by atoms with E-state index < -0.39 is 14.2 Å². The molecule has 96 valence electrons. The Balaban J connectivity index is 4.00. The number of carbonyl (C=O) groups is 1. The van der Waals surface area contributed by atoms with Gasteiger partial charge in [0, 0.05) is 0 Å². The lowest BCUT2D eigenvalue weighted by Crippen LogP contribution is -2.46. The Hall–Kier alpha value is -0.353. The first-order chi connectivity index (χ1) is 7.32. The minimum absolute atomic E-state index is 0.152. The van der Waals surface area contributed by atoms with Crippen LogP contribution in [-0.2, 0) is 4.79 Å². The maximum atomic E-state index is 10.9. The van der Waals surface area contributed by atoms with Gasteiger partial charge in [0.1, 0.15) is 8.24 Å². The molecule has 4 heteroatoms. The summed E-state index contributed by atoms with van der Waals surface area (Å²) in [7, 11) is -1.21. The zero-order valence-corrected chi connectivity index (χ0v) is 12.4. The molecule has 0 aromatic rings. The molecule has 1 atom stereocenters. The maximum absolute atomic E-state index is 10.9. The Bertz CT molecular complexity index is 214. The van der Waals surface area contributed by atoms with Gasteiger partial charge in [-0.2, -0.15) is 0 Å². The van der Waals surface area contributed by atoms with Crippen LogP contribution in [0.5, 0.6) is 0 Å². The summed E-state index contributed by atoms with van der Waals surface area (Å²) in [5, 5.41) is 8.95. The highest BCUT2D eigenvalue weighted by molar-refractivity contribution is 6.73. The standard InChI is InChI=1S/C12H27NO2Si/c1-6-11(12(14)15)9-8-10-13(7-2)16(3,4)5/h11H,6-10H2,1-5H3,(H,14,15). The van der Waals surface area contributed by atoms with Gasteiger partial charge in [-0.1, -0.05) is 33.5 Å². The van der Waals surface area contributed by atoms with Crippen LogP contribution in [0.1, 0.15) is 33.1 Å². The summed E-state index contributed by atoms with van der Waals surface area (Å²) in [5.41, 5.74) is 0. The van der Waals surface area contributed by atoms with Crippen molar-refractivity contribution in [3.63, 3.8) is 0 Å². The second-order valence-electron chi connectivity index (χ2n) is 5.34. The van der Waals surface area contributed by atoms with Gasteiger partial charge in [0.2, 0.25) is 0 Å². The summed E-state index contributed by atoms with van der Waals surface area (Å²) in [4.78, 5) is 10.9. The minimum atomic E-state index is -1.21. The quantitative estimate of drug-likeness (QED) is 0.668. The highest BCUT2D eigenvalue weighted by atomic mass is 28.3. The molecule has 16 heavy (non-hydrogen) atoms. The lowest BCUT2D eigenvalue weighted by Gasteiger charge is -2.33. The van der Waals surface area contributed by atoms with Crippen LogP contribution in [0.2, 0.25) is 19.6 Å². The zero-order chi connectivity index (χ0) is 12.8. The number of aliphatic carboxylic acids is 1. The second-order valence-corrected chi connectivity index (χ2v) is 10.3. The third-order valence-electron chi connectivity index (χ3n) is 3.15. The van der Waals surface area contributed by atoms with Crippen molar-refractivity contribution in [2.24, 2.45) is 5.92 Å². The van der Waals surface area contributed by atoms with Crippen molar-refractivity contribution in [3.8, 4) is 0 Å². The molecule has 1 N–H and O–H groups in total. The van der Waals surface area contributed by atoms with E-state index in [1.807, 2.05) is 6.92 Å². The number of rotatable bonds is 8. The second kappa shape index (κ2) is 7.07. The van der Waals surface area contributed by atoms with Crippen molar-refractivity contribution in [2.75, 3.05) is 13.1 Å². The van der Waals surface area contributed by atoms with E-state index in [1.165, 1.54) is 0 Å². The van der Waals surface area contributed by atoms with E-state index in [0.717, 1.165) is 32.4 Å². The van der Waals surface area contributed by atoms with Gasteiger partial charge in [-0.05, 0) is 32.4 Å². The van der Waals surface area contributed by atoms with Crippen molar-refractivity contribution < 1.29 is 9.90 Å². The average molecular weight is 245 g/mol. The van der Waals surface area contributed by atoms with Crippen molar-refractivity contribution in [1.82, 2.24) is 4.57 Å². The first-order valence-corrected chi connectivity index (χ1v) is 9.75. The molecule has 0 spiro atoms. The topological polar surface area (TPSA) is 40.5 Å². The molecule has 0 aromatic carbocycles. The highest BCUT2D eigenvalue weighted by Crippen LogP contribution is 2.14. The smallest absolute Gasteiger partial charge is 0.306 e. The van der Waals surface area contributed by atoms with Gasteiger partial charge in [-0.15, -0.1) is 0 Å². The Morgan fingerprint density at radius 1 is 1.31 bits per heavy atom. The largest absolute Gasteiger partial charge is 0.481 e. The molecular weight excluding hydrogens is 218 g/mol. The summed E-state index contributed by atoms with van der Waals surface area (Å²) in [6.07, 6.45) is 2.56. The van der Waals surface area contributed by atoms with Crippen LogP contribution in [0.15, 0.2) is 0 Å². The van der Waals surface area contributed by atoms with Crippen LogP contribution in [0.4, 0.5) is 0 Å². The van der Waals surface area contributed by atoms with Gasteiger partial charge in [0.15, 0.2) is 0 Å². The summed E-state index contributed by atoms with van der Waals surface area (Å²) in [6, 6.07) is 0. The van der Waals surface area contributed by atoms with Crippen LogP contribution >= 0.6 is 0 Å². The zero-order valence-electron chi connectivity index (χ0n) is 11.4. The van der Waals surface area contributed by atoms with Crippen LogP contribution < -0.4 is 0 Å². The maximum Gasteiger partial charge on any atom is 0.306 e. The molecule has 0 fully saturated rings. The number of hydrogen-bond acceptors (Lipinski definition) is 2. The molecule has 0 aliphatic carbocycles. The Kier molecular flexibility index (Phi) is 6.91. The van der Waals surface area contributed by atoms with Crippen molar-refractivity contribution in [2.45, 2.75) is 52.8 Å². The molecule has 0 amide bonds. The van der Waals surface area contributed by atoms with Gasteiger partial charge >= 0.3 is 5.97 Å². The van der Waals surface area contributed by atoms with Gasteiger partial charge in [-0.3, -0.25) is 4.79 Å². The Morgan fingerprint density at radius 2 is 1.88 bits per heavy atom. The predicted molar refractivity (Wildman–Crippen MR) is 71.2 cm³/mol. The SMILES string of the molecule is CCC(CCCN(CC)[Si](C)(C)C)C(=O)O. The third kappa shape index (κ3) is 5.65. The molecule has 0 aliphatic rings. The van der Waals surface area contributed by atoms with E-state index >= 15 is 0 Å². The van der Waals surface area contributed by atoms with E-state index in [2.05, 4.69) is 31.1 Å². The first-order valence-electron chi connectivity index (χ1n) is 6.30. The molecule has 0 radical (unpaired) electrons. The third-order valence-corrected chi connectivity index (χ3v) is 5.59. The van der Waals surface area contributed by atoms with Gasteiger partial charge in [0.25, 0.3) is 0 Å². The lowest BCUT2D eigenvalue weighted by molar-refractivity contribution is -0.142. The molecule has 0 bridgehead atoms. The minimum Gasteiger partial charge on any atom is -0.481 e. The van der Waals surface area contributed by atoms with Gasteiger partial charge < -0.3 is 9.67 Å². The number of carboxylic acid groups (broad SMARTS) is 1. The van der Waals surface area contributed by atoms with Crippen LogP contribution in [0, 0.1) is 5.92 Å². The van der Waals surface area contributed by atoms with Crippen LogP contribution in [0.25, 0.3) is 0 Å². The molecule has 0 rings (SSSR count). The molecule has 0 aliphatic heterocycles. The van der Waals surface area contributed by atoms with Crippen molar-refractivity contribution in [3.05, 3.63) is 0 Å². The highest BCUT2D eigenvalue weighted by Gasteiger charge is 2.22. The van der Waals surface area contributed by atoms with Crippen molar-refractivity contribution >= 4 is 14.2 Å². The van der Waals surface area contributed by atoms with E-state index in [1.54, 1.807) is 0 Å². The molecule has 0 aromatic heterocycles. The monoisotopic (exact) mass is 245 g/mol. The van der Waals surface area contributed by atoms with E-state index in [4.69, 9.17) is 5.11 Å². The van der Waals surface area contributed by atoms with E-state index in [9.17, 15) is 4.79 Å².